The molecule has 3 aromatic rings. The molecule has 0 saturated heterocycles. The predicted molar refractivity (Wildman–Crippen MR) is 116 cm³/mol. The van der Waals surface area contributed by atoms with E-state index in [9.17, 15) is 5.11 Å². The Morgan fingerprint density at radius 2 is 1.78 bits per heavy atom. The van der Waals surface area contributed by atoms with Gasteiger partial charge in [-0.1, -0.05) is 56.3 Å². The van der Waals surface area contributed by atoms with Gasteiger partial charge < -0.3 is 20.1 Å². The second-order valence-corrected chi connectivity index (χ2v) is 6.69. The number of ether oxygens (including phenoxy) is 1. The average Bonchev–Trinajstić information content (AvgIpc) is 3.13. The van der Waals surface area contributed by atoms with Gasteiger partial charge >= 0.3 is 0 Å². The molecule has 3 N–H and O–H groups in total. The Bertz CT molecular complexity index is 873. The number of rotatable bonds is 8. The van der Waals surface area contributed by atoms with Crippen LogP contribution in [-0.2, 0) is 0 Å². The van der Waals surface area contributed by atoms with Crippen molar-refractivity contribution >= 4 is 35.5 Å². The summed E-state index contributed by atoms with van der Waals surface area (Å²) in [5.74, 6) is 0.772. The molecule has 0 spiro atoms. The quantitative estimate of drug-likeness (QED) is 0.499. The van der Waals surface area contributed by atoms with Crippen LogP contribution < -0.4 is 10.1 Å². The molecular formula is C22H27ClN2O2. The maximum Gasteiger partial charge on any atom is 0.126 e. The minimum Gasteiger partial charge on any atom is -0.490 e. The molecule has 27 heavy (non-hydrogen) atoms. The van der Waals surface area contributed by atoms with E-state index in [1.165, 1.54) is 5.39 Å². The van der Waals surface area contributed by atoms with Crippen LogP contribution in [-0.4, -0.2) is 35.4 Å². The molecule has 3 rings (SSSR count). The summed E-state index contributed by atoms with van der Waals surface area (Å²) in [7, 11) is 0. The number of aliphatic hydroxyl groups excluding tert-OH is 1. The van der Waals surface area contributed by atoms with Crippen LogP contribution in [0.3, 0.4) is 0 Å². The third-order valence-electron chi connectivity index (χ3n) is 4.18. The molecule has 0 bridgehead atoms. The van der Waals surface area contributed by atoms with Crippen molar-refractivity contribution in [3.05, 3.63) is 65.9 Å². The zero-order valence-electron chi connectivity index (χ0n) is 15.7. The molecule has 2 aromatic carbocycles. The summed E-state index contributed by atoms with van der Waals surface area (Å²) in [6.07, 6.45) is 5.56. The van der Waals surface area contributed by atoms with E-state index in [2.05, 4.69) is 54.5 Å². The molecule has 0 amide bonds. The molecule has 1 atom stereocenters. The summed E-state index contributed by atoms with van der Waals surface area (Å²) < 4.78 is 5.84. The smallest absolute Gasteiger partial charge is 0.126 e. The fourth-order valence-electron chi connectivity index (χ4n) is 2.80. The summed E-state index contributed by atoms with van der Waals surface area (Å²) >= 11 is 0. The molecule has 4 nitrogen and oxygen atoms in total. The third-order valence-corrected chi connectivity index (χ3v) is 4.18. The topological polar surface area (TPSA) is 57.3 Å². The van der Waals surface area contributed by atoms with Gasteiger partial charge in [0.05, 0.1) is 0 Å². The third kappa shape index (κ3) is 5.86. The summed E-state index contributed by atoms with van der Waals surface area (Å²) in [5.41, 5.74) is 3.27. The number of hydrogen-bond donors (Lipinski definition) is 3. The molecule has 0 aliphatic carbocycles. The maximum absolute atomic E-state index is 10.0. The Kier molecular flexibility index (Phi) is 7.92. The molecule has 1 aromatic heterocycles. The van der Waals surface area contributed by atoms with Crippen LogP contribution >= 0.6 is 12.4 Å². The number of H-pyrrole nitrogens is 1. The van der Waals surface area contributed by atoms with Gasteiger partial charge in [0.25, 0.3) is 0 Å². The Labute approximate surface area is 166 Å². The van der Waals surface area contributed by atoms with E-state index in [-0.39, 0.29) is 19.0 Å². The van der Waals surface area contributed by atoms with E-state index in [0.29, 0.717) is 12.6 Å². The first-order valence-corrected chi connectivity index (χ1v) is 9.01. The second kappa shape index (κ2) is 10.2. The number of hydrogen-bond acceptors (Lipinski definition) is 3. The van der Waals surface area contributed by atoms with Crippen LogP contribution in [0.15, 0.2) is 54.7 Å². The van der Waals surface area contributed by atoms with Gasteiger partial charge in [0.1, 0.15) is 18.5 Å². The van der Waals surface area contributed by atoms with Crippen molar-refractivity contribution in [1.29, 1.82) is 0 Å². The lowest BCUT2D eigenvalue weighted by Crippen LogP contribution is -2.35. The van der Waals surface area contributed by atoms with Gasteiger partial charge in [0.2, 0.25) is 0 Å². The first kappa shape index (κ1) is 21.0. The first-order valence-electron chi connectivity index (χ1n) is 9.01. The standard InChI is InChI=1S/C22H26N2O2.ClH/c1-16(2)24-14-19(25)15-26-22-9-4-3-6-18(22)11-10-17-7-5-8-21-20(17)12-13-23-21;/h3-13,16,19,23-25H,14-15H2,1-2H3;1H. The van der Waals surface area contributed by atoms with Crippen molar-refractivity contribution in [2.24, 2.45) is 0 Å². The number of aromatic nitrogens is 1. The fraction of sp³-hybridized carbons (Fsp3) is 0.273. The van der Waals surface area contributed by atoms with Crippen molar-refractivity contribution in [3.63, 3.8) is 0 Å². The highest BCUT2D eigenvalue weighted by atomic mass is 35.5. The average molecular weight is 387 g/mol. The second-order valence-electron chi connectivity index (χ2n) is 6.69. The first-order chi connectivity index (χ1) is 12.6. The maximum atomic E-state index is 10.0. The van der Waals surface area contributed by atoms with Crippen molar-refractivity contribution < 1.29 is 9.84 Å². The SMILES string of the molecule is CC(C)NCC(O)COc1ccccc1C=Cc1cccc2[nH]ccc12.Cl. The van der Waals surface area contributed by atoms with Gasteiger partial charge in [-0.05, 0) is 23.8 Å². The monoisotopic (exact) mass is 386 g/mol. The number of fused-ring (bicyclic) bond motifs is 1. The highest BCUT2D eigenvalue weighted by Crippen LogP contribution is 2.23. The minimum atomic E-state index is -0.539. The van der Waals surface area contributed by atoms with E-state index in [4.69, 9.17) is 4.74 Å². The molecular weight excluding hydrogens is 360 g/mol. The summed E-state index contributed by atoms with van der Waals surface area (Å²) in [6.45, 7) is 4.89. The van der Waals surface area contributed by atoms with Crippen LogP contribution in [0.5, 0.6) is 5.75 Å². The van der Waals surface area contributed by atoms with Crippen LogP contribution in [0.4, 0.5) is 0 Å². The van der Waals surface area contributed by atoms with Gasteiger partial charge in [-0.2, -0.15) is 0 Å². The lowest BCUT2D eigenvalue weighted by molar-refractivity contribution is 0.104. The predicted octanol–water partition coefficient (Wildman–Crippen LogP) is 4.50. The largest absolute Gasteiger partial charge is 0.490 e. The molecule has 1 unspecified atom stereocenters. The van der Waals surface area contributed by atoms with Crippen LogP contribution in [0.1, 0.15) is 25.0 Å². The van der Waals surface area contributed by atoms with E-state index >= 15 is 0 Å². The zero-order valence-corrected chi connectivity index (χ0v) is 16.5. The Balaban J connectivity index is 0.00000261. The van der Waals surface area contributed by atoms with Crippen LogP contribution in [0.2, 0.25) is 0 Å². The lowest BCUT2D eigenvalue weighted by Gasteiger charge is -2.16. The van der Waals surface area contributed by atoms with Gasteiger partial charge in [-0.25, -0.2) is 0 Å². The van der Waals surface area contributed by atoms with Gasteiger partial charge in [0, 0.05) is 35.2 Å². The number of aromatic amines is 1. The van der Waals surface area contributed by atoms with Gasteiger partial charge in [-0.15, -0.1) is 12.4 Å². The van der Waals surface area contributed by atoms with Crippen LogP contribution in [0, 0.1) is 0 Å². The zero-order chi connectivity index (χ0) is 18.4. The summed E-state index contributed by atoms with van der Waals surface area (Å²) in [6, 6.07) is 16.5. The highest BCUT2D eigenvalue weighted by molar-refractivity contribution is 5.91. The van der Waals surface area contributed by atoms with Crippen molar-refractivity contribution in [3.8, 4) is 5.75 Å². The van der Waals surface area contributed by atoms with Crippen LogP contribution in [0.25, 0.3) is 23.1 Å². The number of aliphatic hydroxyl groups is 1. The van der Waals surface area contributed by atoms with E-state index in [1.54, 1.807) is 0 Å². The number of halogens is 1. The van der Waals surface area contributed by atoms with Gasteiger partial charge in [-0.3, -0.25) is 0 Å². The normalized spacial score (nSPS) is 12.4. The Morgan fingerprint density at radius 1 is 1.04 bits per heavy atom. The Morgan fingerprint density at radius 3 is 2.59 bits per heavy atom. The van der Waals surface area contributed by atoms with E-state index < -0.39 is 6.10 Å². The fourth-order valence-corrected chi connectivity index (χ4v) is 2.80. The Hall–Kier alpha value is -2.27. The molecule has 1 heterocycles. The molecule has 0 fully saturated rings. The molecule has 5 heteroatoms. The minimum absolute atomic E-state index is 0. The van der Waals surface area contributed by atoms with Gasteiger partial charge in [0.15, 0.2) is 0 Å². The van der Waals surface area contributed by atoms with E-state index in [0.717, 1.165) is 22.4 Å². The van der Waals surface area contributed by atoms with Crippen molar-refractivity contribution in [2.75, 3.05) is 13.2 Å². The molecule has 0 radical (unpaired) electrons. The van der Waals surface area contributed by atoms with E-state index in [1.807, 2.05) is 36.5 Å². The van der Waals surface area contributed by atoms with Crippen molar-refractivity contribution in [1.82, 2.24) is 10.3 Å². The number of benzene rings is 2. The summed E-state index contributed by atoms with van der Waals surface area (Å²) in [4.78, 5) is 3.23. The molecule has 0 aliphatic heterocycles. The highest BCUT2D eigenvalue weighted by Gasteiger charge is 2.07. The number of para-hydroxylation sites is 1. The number of nitrogens with one attached hydrogen (secondary N) is 2. The molecule has 144 valence electrons. The molecule has 0 saturated carbocycles. The summed E-state index contributed by atoms with van der Waals surface area (Å²) in [5, 5.41) is 14.4. The molecule has 0 aliphatic rings. The van der Waals surface area contributed by atoms with Crippen molar-refractivity contribution in [2.45, 2.75) is 26.0 Å². The lowest BCUT2D eigenvalue weighted by atomic mass is 10.1.